The molecule has 3 aromatic rings. The van der Waals surface area contributed by atoms with Gasteiger partial charge in [0.05, 0.1) is 17.9 Å². The Kier molecular flexibility index (Phi) is 3.52. The molecular weight excluding hydrogens is 293 g/mol. The maximum Gasteiger partial charge on any atom is 0.417 e. The zero-order chi connectivity index (χ0) is 15.7. The van der Waals surface area contributed by atoms with E-state index in [0.29, 0.717) is 17.9 Å². The summed E-state index contributed by atoms with van der Waals surface area (Å²) in [4.78, 5) is 4.34. The first-order valence-corrected chi connectivity index (χ1v) is 6.76. The minimum atomic E-state index is -4.36. The van der Waals surface area contributed by atoms with Gasteiger partial charge in [-0.25, -0.2) is 4.98 Å². The fourth-order valence-electron chi connectivity index (χ4n) is 2.19. The molecule has 0 fully saturated rings. The van der Waals surface area contributed by atoms with Crippen molar-refractivity contribution in [3.05, 3.63) is 54.4 Å². The summed E-state index contributed by atoms with van der Waals surface area (Å²) in [6.45, 7) is 2.47. The number of rotatable bonds is 3. The number of benzene rings is 1. The predicted molar refractivity (Wildman–Crippen MR) is 76.8 cm³/mol. The highest BCUT2D eigenvalue weighted by atomic mass is 19.4. The summed E-state index contributed by atoms with van der Waals surface area (Å²) < 4.78 is 44.9. The molecule has 0 N–H and O–H groups in total. The first-order valence-electron chi connectivity index (χ1n) is 6.76. The summed E-state index contributed by atoms with van der Waals surface area (Å²) in [5, 5.41) is 0. The zero-order valence-corrected chi connectivity index (χ0v) is 11.8. The second-order valence-electron chi connectivity index (χ2n) is 4.76. The highest BCUT2D eigenvalue weighted by Gasteiger charge is 2.30. The Morgan fingerprint density at radius 2 is 1.77 bits per heavy atom. The maximum absolute atomic E-state index is 12.7. The number of fused-ring (bicyclic) bond motifs is 1. The third-order valence-corrected chi connectivity index (χ3v) is 3.24. The van der Waals surface area contributed by atoms with E-state index in [1.807, 2.05) is 31.2 Å². The van der Waals surface area contributed by atoms with Crippen molar-refractivity contribution in [3.8, 4) is 17.0 Å². The minimum Gasteiger partial charge on any atom is -0.494 e. The average Bonchev–Trinajstić information content (AvgIpc) is 2.90. The van der Waals surface area contributed by atoms with Crippen LogP contribution in [0.5, 0.6) is 5.75 Å². The summed E-state index contributed by atoms with van der Waals surface area (Å²) in [6, 6.07) is 9.67. The lowest BCUT2D eigenvalue weighted by Crippen LogP contribution is -2.05. The Hall–Kier alpha value is -2.50. The van der Waals surface area contributed by atoms with Crippen LogP contribution in [-0.4, -0.2) is 16.0 Å². The van der Waals surface area contributed by atoms with Crippen LogP contribution in [0.1, 0.15) is 12.5 Å². The van der Waals surface area contributed by atoms with Gasteiger partial charge in [0, 0.05) is 18.0 Å². The molecule has 0 spiro atoms. The van der Waals surface area contributed by atoms with Crippen molar-refractivity contribution in [2.45, 2.75) is 13.1 Å². The van der Waals surface area contributed by atoms with Crippen molar-refractivity contribution in [1.29, 1.82) is 0 Å². The van der Waals surface area contributed by atoms with Crippen LogP contribution in [0, 0.1) is 0 Å². The molecule has 0 atom stereocenters. The first-order chi connectivity index (χ1) is 10.5. The van der Waals surface area contributed by atoms with E-state index >= 15 is 0 Å². The number of nitrogens with zero attached hydrogens (tertiary/aromatic N) is 2. The topological polar surface area (TPSA) is 26.5 Å². The molecule has 0 bridgehead atoms. The number of pyridine rings is 1. The molecule has 0 amide bonds. The fraction of sp³-hybridized carbons (Fsp3) is 0.188. The van der Waals surface area contributed by atoms with Crippen LogP contribution >= 0.6 is 0 Å². The van der Waals surface area contributed by atoms with Crippen LogP contribution < -0.4 is 4.74 Å². The SMILES string of the molecule is CCOc1ccc(-c2cn3cc(C(F)(F)F)ccc3n2)cc1. The number of ether oxygens (including phenoxy) is 1. The third-order valence-electron chi connectivity index (χ3n) is 3.24. The van der Waals surface area contributed by atoms with Crippen molar-refractivity contribution < 1.29 is 17.9 Å². The molecule has 22 heavy (non-hydrogen) atoms. The molecular formula is C16H13F3N2O. The fourth-order valence-corrected chi connectivity index (χ4v) is 2.19. The Labute approximate surface area is 125 Å². The lowest BCUT2D eigenvalue weighted by Gasteiger charge is -2.05. The van der Waals surface area contributed by atoms with E-state index in [1.54, 1.807) is 6.20 Å². The van der Waals surface area contributed by atoms with Crippen LogP contribution in [0.25, 0.3) is 16.9 Å². The Balaban J connectivity index is 1.97. The summed E-state index contributed by atoms with van der Waals surface area (Å²) in [5.41, 5.74) is 1.20. The molecule has 0 saturated heterocycles. The number of halogens is 3. The standard InChI is InChI=1S/C16H13F3N2O/c1-2-22-13-6-3-11(4-7-13)14-10-21-9-12(16(17,18)19)5-8-15(21)20-14/h3-10H,2H2,1H3. The molecule has 0 saturated carbocycles. The van der Waals surface area contributed by atoms with E-state index in [-0.39, 0.29) is 0 Å². The molecule has 3 rings (SSSR count). The highest BCUT2D eigenvalue weighted by Crippen LogP contribution is 2.30. The molecule has 0 aliphatic heterocycles. The van der Waals surface area contributed by atoms with Gasteiger partial charge in [0.15, 0.2) is 0 Å². The van der Waals surface area contributed by atoms with E-state index in [2.05, 4.69) is 4.98 Å². The number of aromatic nitrogens is 2. The van der Waals surface area contributed by atoms with Gasteiger partial charge in [-0.05, 0) is 43.3 Å². The van der Waals surface area contributed by atoms with E-state index in [4.69, 9.17) is 4.74 Å². The van der Waals surface area contributed by atoms with Crippen molar-refractivity contribution in [3.63, 3.8) is 0 Å². The molecule has 6 heteroatoms. The zero-order valence-electron chi connectivity index (χ0n) is 11.8. The normalized spacial score (nSPS) is 11.8. The minimum absolute atomic E-state index is 0.469. The third kappa shape index (κ3) is 2.77. The Morgan fingerprint density at radius 1 is 1.05 bits per heavy atom. The van der Waals surface area contributed by atoms with Crippen molar-refractivity contribution in [2.24, 2.45) is 0 Å². The highest BCUT2D eigenvalue weighted by molar-refractivity contribution is 5.63. The van der Waals surface area contributed by atoms with Gasteiger partial charge in [-0.2, -0.15) is 13.2 Å². The van der Waals surface area contributed by atoms with E-state index in [9.17, 15) is 13.2 Å². The molecule has 114 valence electrons. The molecule has 0 aliphatic rings. The van der Waals surface area contributed by atoms with Gasteiger partial charge in [0.1, 0.15) is 11.4 Å². The number of alkyl halides is 3. The molecule has 0 radical (unpaired) electrons. The second kappa shape index (κ2) is 5.36. The smallest absolute Gasteiger partial charge is 0.417 e. The first kappa shape index (κ1) is 14.4. The van der Waals surface area contributed by atoms with Gasteiger partial charge in [-0.1, -0.05) is 0 Å². The van der Waals surface area contributed by atoms with Crippen molar-refractivity contribution in [1.82, 2.24) is 9.38 Å². The van der Waals surface area contributed by atoms with Gasteiger partial charge in [0.25, 0.3) is 0 Å². The maximum atomic E-state index is 12.7. The predicted octanol–water partition coefficient (Wildman–Crippen LogP) is 4.42. The van der Waals surface area contributed by atoms with Crippen LogP contribution in [0.3, 0.4) is 0 Å². The van der Waals surface area contributed by atoms with Gasteiger partial charge in [-0.3, -0.25) is 0 Å². The van der Waals surface area contributed by atoms with Gasteiger partial charge < -0.3 is 9.14 Å². The number of hydrogen-bond donors (Lipinski definition) is 0. The van der Waals surface area contributed by atoms with Crippen molar-refractivity contribution >= 4 is 5.65 Å². The number of hydrogen-bond acceptors (Lipinski definition) is 2. The molecule has 3 nitrogen and oxygen atoms in total. The van der Waals surface area contributed by atoms with Crippen molar-refractivity contribution in [2.75, 3.05) is 6.61 Å². The molecule has 2 heterocycles. The molecule has 0 aliphatic carbocycles. The van der Waals surface area contributed by atoms with Crippen LogP contribution in [0.2, 0.25) is 0 Å². The van der Waals surface area contributed by atoms with Gasteiger partial charge >= 0.3 is 6.18 Å². The van der Waals surface area contributed by atoms with E-state index in [1.165, 1.54) is 10.5 Å². The van der Waals surface area contributed by atoms with Gasteiger partial charge in [-0.15, -0.1) is 0 Å². The monoisotopic (exact) mass is 306 g/mol. The molecule has 1 aromatic carbocycles. The van der Waals surface area contributed by atoms with Crippen LogP contribution in [0.15, 0.2) is 48.8 Å². The Bertz CT molecular complexity index is 791. The van der Waals surface area contributed by atoms with Crippen LogP contribution in [0.4, 0.5) is 13.2 Å². The summed E-state index contributed by atoms with van der Waals surface area (Å²) in [6.07, 6.45) is -1.74. The quantitative estimate of drug-likeness (QED) is 0.716. The van der Waals surface area contributed by atoms with E-state index in [0.717, 1.165) is 23.6 Å². The van der Waals surface area contributed by atoms with Crippen LogP contribution in [-0.2, 0) is 6.18 Å². The largest absolute Gasteiger partial charge is 0.494 e. The number of imidazole rings is 1. The molecule has 2 aromatic heterocycles. The summed E-state index contributed by atoms with van der Waals surface area (Å²) in [7, 11) is 0. The second-order valence-corrected chi connectivity index (χ2v) is 4.76. The Morgan fingerprint density at radius 3 is 2.41 bits per heavy atom. The lowest BCUT2D eigenvalue weighted by molar-refractivity contribution is -0.137. The summed E-state index contributed by atoms with van der Waals surface area (Å²) in [5.74, 6) is 0.745. The summed E-state index contributed by atoms with van der Waals surface area (Å²) >= 11 is 0. The average molecular weight is 306 g/mol. The lowest BCUT2D eigenvalue weighted by atomic mass is 10.2. The van der Waals surface area contributed by atoms with Gasteiger partial charge in [0.2, 0.25) is 0 Å². The molecule has 0 unspecified atom stereocenters. The van der Waals surface area contributed by atoms with E-state index < -0.39 is 11.7 Å².